The van der Waals surface area contributed by atoms with Crippen LogP contribution < -0.4 is 10.1 Å². The van der Waals surface area contributed by atoms with Crippen molar-refractivity contribution < 1.29 is 13.9 Å². The van der Waals surface area contributed by atoms with Crippen molar-refractivity contribution in [3.8, 4) is 10.9 Å². The van der Waals surface area contributed by atoms with Crippen LogP contribution in [0.25, 0.3) is 15.3 Å². The number of fused-ring (bicyclic) bond motifs is 1. The molecule has 8 heteroatoms. The normalized spacial score (nSPS) is 10.9. The number of rotatable bonds is 5. The molecule has 6 nitrogen and oxygen atoms in total. The Balaban J connectivity index is 1.52. The van der Waals surface area contributed by atoms with Crippen molar-refractivity contribution in [3.05, 3.63) is 66.1 Å². The van der Waals surface area contributed by atoms with Crippen LogP contribution in [-0.2, 0) is 4.79 Å². The van der Waals surface area contributed by atoms with Crippen LogP contribution in [0.4, 0.5) is 10.2 Å². The summed E-state index contributed by atoms with van der Waals surface area (Å²) in [5.74, 6) is -0.418. The number of hydrogen-bond donors (Lipinski definition) is 1. The third kappa shape index (κ3) is 3.65. The number of carbonyl (C=O) groups excluding carboxylic acids is 1. The van der Waals surface area contributed by atoms with Crippen molar-refractivity contribution in [1.29, 1.82) is 0 Å². The number of aryl methyl sites for hydroxylation is 1. The summed E-state index contributed by atoms with van der Waals surface area (Å²) < 4.78 is 21.4. The van der Waals surface area contributed by atoms with E-state index in [-0.39, 0.29) is 12.4 Å². The minimum absolute atomic E-state index is 0.0310. The second-order valence-electron chi connectivity index (χ2n) is 5.81. The molecule has 0 spiro atoms. The molecule has 0 fully saturated rings. The fraction of sp³-hybridized carbons (Fsp3) is 0.105. The zero-order chi connectivity index (χ0) is 18.8. The van der Waals surface area contributed by atoms with Gasteiger partial charge in [0.05, 0.1) is 15.9 Å². The number of nitrogens with zero attached hydrogens (tertiary/aromatic N) is 3. The minimum atomic E-state index is -0.513. The van der Waals surface area contributed by atoms with Crippen molar-refractivity contribution in [2.45, 2.75) is 6.92 Å². The number of anilines is 1. The second-order valence-corrected chi connectivity index (χ2v) is 6.82. The topological polar surface area (TPSA) is 69.0 Å². The summed E-state index contributed by atoms with van der Waals surface area (Å²) in [7, 11) is 0. The van der Waals surface area contributed by atoms with Gasteiger partial charge in [0, 0.05) is 6.07 Å². The molecule has 4 rings (SSSR count). The van der Waals surface area contributed by atoms with E-state index in [0.717, 1.165) is 15.9 Å². The van der Waals surface area contributed by atoms with Gasteiger partial charge in [-0.1, -0.05) is 35.6 Å². The molecule has 0 bridgehead atoms. The van der Waals surface area contributed by atoms with Gasteiger partial charge < -0.3 is 10.1 Å². The summed E-state index contributed by atoms with van der Waals surface area (Å²) in [4.78, 5) is 16.8. The Morgan fingerprint density at radius 1 is 1.22 bits per heavy atom. The van der Waals surface area contributed by atoms with E-state index in [2.05, 4.69) is 15.4 Å². The number of benzene rings is 2. The summed E-state index contributed by atoms with van der Waals surface area (Å²) in [6.07, 6.45) is 0. The van der Waals surface area contributed by atoms with E-state index in [4.69, 9.17) is 4.74 Å². The van der Waals surface area contributed by atoms with Gasteiger partial charge in [-0.3, -0.25) is 4.79 Å². The van der Waals surface area contributed by atoms with E-state index in [0.29, 0.717) is 10.9 Å². The molecule has 27 heavy (non-hydrogen) atoms. The molecule has 0 saturated heterocycles. The van der Waals surface area contributed by atoms with Gasteiger partial charge in [0.2, 0.25) is 5.13 Å². The maximum atomic E-state index is 13.6. The number of ether oxygens (including phenoxy) is 1. The van der Waals surface area contributed by atoms with Crippen molar-refractivity contribution in [1.82, 2.24) is 14.8 Å². The van der Waals surface area contributed by atoms with Gasteiger partial charge in [0.15, 0.2) is 18.2 Å². The summed E-state index contributed by atoms with van der Waals surface area (Å²) in [6, 6.07) is 15.5. The first-order valence-electron chi connectivity index (χ1n) is 8.20. The van der Waals surface area contributed by atoms with Crippen LogP contribution >= 0.6 is 11.3 Å². The highest BCUT2D eigenvalue weighted by Crippen LogP contribution is 2.27. The number of para-hydroxylation sites is 2. The van der Waals surface area contributed by atoms with Crippen molar-refractivity contribution in [2.75, 3.05) is 11.9 Å². The van der Waals surface area contributed by atoms with Gasteiger partial charge in [0.25, 0.3) is 5.91 Å². The molecule has 0 radical (unpaired) electrons. The largest absolute Gasteiger partial charge is 0.481 e. The summed E-state index contributed by atoms with van der Waals surface area (Å²) >= 11 is 1.47. The minimum Gasteiger partial charge on any atom is -0.481 e. The molecule has 1 N–H and O–H groups in total. The average Bonchev–Trinajstić information content (AvgIpc) is 3.24. The van der Waals surface area contributed by atoms with Crippen LogP contribution in [0.2, 0.25) is 0 Å². The fourth-order valence-electron chi connectivity index (χ4n) is 2.57. The molecule has 0 unspecified atom stereocenters. The maximum Gasteiger partial charge on any atom is 0.263 e. The molecule has 1 amide bonds. The molecule has 4 aromatic rings. The lowest BCUT2D eigenvalue weighted by Crippen LogP contribution is -2.22. The molecule has 0 aliphatic rings. The van der Waals surface area contributed by atoms with Crippen molar-refractivity contribution in [3.63, 3.8) is 0 Å². The first kappa shape index (κ1) is 17.2. The lowest BCUT2D eigenvalue weighted by molar-refractivity contribution is -0.118. The predicted molar refractivity (Wildman–Crippen MR) is 102 cm³/mol. The fourth-order valence-corrected chi connectivity index (χ4v) is 3.50. The van der Waals surface area contributed by atoms with E-state index >= 15 is 0 Å². The Hall–Kier alpha value is -3.26. The highest BCUT2D eigenvalue weighted by Gasteiger charge is 2.15. The molecule has 2 heterocycles. The van der Waals surface area contributed by atoms with Crippen LogP contribution in [-0.4, -0.2) is 27.3 Å². The number of nitrogens with one attached hydrogen (secondary N) is 1. The number of amides is 1. The Morgan fingerprint density at radius 2 is 2.00 bits per heavy atom. The Morgan fingerprint density at radius 3 is 2.81 bits per heavy atom. The molecule has 0 atom stereocenters. The highest BCUT2D eigenvalue weighted by molar-refractivity contribution is 7.20. The average molecular weight is 382 g/mol. The summed E-state index contributed by atoms with van der Waals surface area (Å²) in [5.41, 5.74) is 1.60. The number of thiazole rings is 1. The Kier molecular flexibility index (Phi) is 4.55. The standard InChI is InChI=1S/C19H15FN4O2S/c1-12-10-17(22-18(25)11-26-15-8-4-2-6-13(15)20)24(23-12)19-21-14-7-3-5-9-16(14)27-19/h2-10H,11H2,1H3,(H,22,25). The van der Waals surface area contributed by atoms with Crippen LogP contribution in [0.15, 0.2) is 54.6 Å². The monoisotopic (exact) mass is 382 g/mol. The molecule has 2 aromatic carbocycles. The second kappa shape index (κ2) is 7.16. The lowest BCUT2D eigenvalue weighted by Gasteiger charge is -2.08. The quantitative estimate of drug-likeness (QED) is 0.568. The van der Waals surface area contributed by atoms with Crippen LogP contribution in [0, 0.1) is 12.7 Å². The van der Waals surface area contributed by atoms with Gasteiger partial charge in [-0.05, 0) is 31.2 Å². The van der Waals surface area contributed by atoms with Gasteiger partial charge in [0.1, 0.15) is 5.82 Å². The predicted octanol–water partition coefficient (Wildman–Crippen LogP) is 3.95. The molecule has 136 valence electrons. The van der Waals surface area contributed by atoms with Crippen LogP contribution in [0.3, 0.4) is 0 Å². The Bertz CT molecular complexity index is 1090. The first-order valence-corrected chi connectivity index (χ1v) is 9.01. The molecule has 2 aromatic heterocycles. The van der Waals surface area contributed by atoms with Crippen LogP contribution in [0.5, 0.6) is 5.75 Å². The molecule has 0 aliphatic heterocycles. The zero-order valence-corrected chi connectivity index (χ0v) is 15.2. The first-order chi connectivity index (χ1) is 13.1. The Labute approximate surface area is 158 Å². The SMILES string of the molecule is Cc1cc(NC(=O)COc2ccccc2F)n(-c2nc3ccccc3s2)n1. The van der Waals surface area contributed by atoms with Crippen LogP contribution in [0.1, 0.15) is 5.69 Å². The van der Waals surface area contributed by atoms with E-state index in [1.807, 2.05) is 31.2 Å². The molecular formula is C19H15FN4O2S. The number of aromatic nitrogens is 3. The number of hydrogen-bond acceptors (Lipinski definition) is 5. The van der Waals surface area contributed by atoms with Gasteiger partial charge >= 0.3 is 0 Å². The number of carbonyl (C=O) groups is 1. The lowest BCUT2D eigenvalue weighted by atomic mass is 10.3. The third-order valence-electron chi connectivity index (χ3n) is 3.76. The third-order valence-corrected chi connectivity index (χ3v) is 4.77. The van der Waals surface area contributed by atoms with Crippen molar-refractivity contribution >= 4 is 33.3 Å². The summed E-state index contributed by atoms with van der Waals surface area (Å²) in [6.45, 7) is 1.51. The smallest absolute Gasteiger partial charge is 0.263 e. The van der Waals surface area contributed by atoms with Gasteiger partial charge in [-0.15, -0.1) is 0 Å². The molecular weight excluding hydrogens is 367 g/mol. The van der Waals surface area contributed by atoms with E-state index in [1.54, 1.807) is 22.9 Å². The van der Waals surface area contributed by atoms with Crippen molar-refractivity contribution in [2.24, 2.45) is 0 Å². The molecule has 0 saturated carbocycles. The number of halogens is 1. The van der Waals surface area contributed by atoms with E-state index in [9.17, 15) is 9.18 Å². The molecule has 0 aliphatic carbocycles. The maximum absolute atomic E-state index is 13.6. The summed E-state index contributed by atoms with van der Waals surface area (Å²) in [5, 5.41) is 7.80. The van der Waals surface area contributed by atoms with Gasteiger partial charge in [-0.2, -0.15) is 9.78 Å². The van der Waals surface area contributed by atoms with E-state index in [1.165, 1.54) is 23.5 Å². The van der Waals surface area contributed by atoms with Gasteiger partial charge in [-0.25, -0.2) is 9.37 Å². The highest BCUT2D eigenvalue weighted by atomic mass is 32.1. The zero-order valence-electron chi connectivity index (χ0n) is 14.3. The van der Waals surface area contributed by atoms with E-state index < -0.39 is 11.7 Å².